The highest BCUT2D eigenvalue weighted by molar-refractivity contribution is 8.26. The Hall–Kier alpha value is -3.04. The number of hydrazone groups is 1. The molecule has 9 heteroatoms. The Labute approximate surface area is 170 Å². The normalized spacial score (nSPS) is 16.2. The van der Waals surface area contributed by atoms with Crippen molar-refractivity contribution in [2.24, 2.45) is 5.10 Å². The van der Waals surface area contributed by atoms with E-state index in [1.807, 2.05) is 24.3 Å². The number of allylic oxidation sites excluding steroid dienone is 2. The van der Waals surface area contributed by atoms with E-state index in [-0.39, 0.29) is 11.8 Å². The molecule has 2 heterocycles. The van der Waals surface area contributed by atoms with Crippen LogP contribution in [0.4, 0.5) is 5.88 Å². The van der Waals surface area contributed by atoms with Gasteiger partial charge in [0.25, 0.3) is 5.91 Å². The van der Waals surface area contributed by atoms with Crippen molar-refractivity contribution in [1.29, 1.82) is 0 Å². The Kier molecular flexibility index (Phi) is 6.17. The first-order chi connectivity index (χ1) is 13.5. The minimum atomic E-state index is -0.615. The zero-order chi connectivity index (χ0) is 20.1. The molecule has 0 radical (unpaired) electrons. The lowest BCUT2D eigenvalue weighted by molar-refractivity contribution is -0.402. The molecule has 0 aliphatic carbocycles. The number of nitro groups is 1. The minimum Gasteiger partial charge on any atom is -0.401 e. The second kappa shape index (κ2) is 8.77. The van der Waals surface area contributed by atoms with Crippen LogP contribution in [0.25, 0.3) is 6.08 Å². The maximum absolute atomic E-state index is 12.5. The van der Waals surface area contributed by atoms with Crippen LogP contribution >= 0.6 is 24.0 Å². The highest BCUT2D eigenvalue weighted by Crippen LogP contribution is 2.31. The smallest absolute Gasteiger partial charge is 0.401 e. The molecule has 1 fully saturated rings. The van der Waals surface area contributed by atoms with Gasteiger partial charge in [-0.05, 0) is 48.0 Å². The summed E-state index contributed by atoms with van der Waals surface area (Å²) >= 11 is 6.35. The SMILES string of the molecule is CCc1ccc(/C=N/N2C(=O)/C(=C\C=C\c3ccc([N+](=O)[O-])o3)SC2=S)cc1. The van der Waals surface area contributed by atoms with E-state index in [1.54, 1.807) is 18.4 Å². The number of furan rings is 1. The number of rotatable bonds is 6. The molecule has 1 saturated heterocycles. The molecule has 0 saturated carbocycles. The van der Waals surface area contributed by atoms with Gasteiger partial charge in [0.15, 0.2) is 4.32 Å². The summed E-state index contributed by atoms with van der Waals surface area (Å²) in [5, 5.41) is 16.0. The third-order valence-electron chi connectivity index (χ3n) is 3.78. The zero-order valence-electron chi connectivity index (χ0n) is 14.8. The van der Waals surface area contributed by atoms with Crippen LogP contribution < -0.4 is 0 Å². The number of thioether (sulfide) groups is 1. The number of thiocarbonyl (C=S) groups is 1. The van der Waals surface area contributed by atoms with Crippen LogP contribution in [0.2, 0.25) is 0 Å². The van der Waals surface area contributed by atoms with Crippen LogP contribution in [-0.4, -0.2) is 26.4 Å². The van der Waals surface area contributed by atoms with Gasteiger partial charge in [0.2, 0.25) is 0 Å². The monoisotopic (exact) mass is 413 g/mol. The fourth-order valence-corrected chi connectivity index (χ4v) is 3.42. The van der Waals surface area contributed by atoms with Crippen LogP contribution in [-0.2, 0) is 11.2 Å². The molecular formula is C19H15N3O4S2. The van der Waals surface area contributed by atoms with Crippen LogP contribution in [0.1, 0.15) is 23.8 Å². The molecule has 0 unspecified atom stereocenters. The van der Waals surface area contributed by atoms with Crippen LogP contribution in [0.3, 0.4) is 0 Å². The Morgan fingerprint density at radius 1 is 1.29 bits per heavy atom. The van der Waals surface area contributed by atoms with E-state index in [2.05, 4.69) is 12.0 Å². The topological polar surface area (TPSA) is 89.0 Å². The molecule has 0 N–H and O–H groups in total. The van der Waals surface area contributed by atoms with Crippen LogP contribution in [0, 0.1) is 10.1 Å². The molecule has 3 rings (SSSR count). The van der Waals surface area contributed by atoms with Gasteiger partial charge in [-0.15, -0.1) is 0 Å². The predicted octanol–water partition coefficient (Wildman–Crippen LogP) is 4.54. The molecule has 1 amide bonds. The van der Waals surface area contributed by atoms with Crippen molar-refractivity contribution in [3.8, 4) is 0 Å². The number of carbonyl (C=O) groups is 1. The minimum absolute atomic E-state index is 0.312. The highest BCUT2D eigenvalue weighted by atomic mass is 32.2. The quantitative estimate of drug-likeness (QED) is 0.227. The average molecular weight is 413 g/mol. The number of benzene rings is 1. The Morgan fingerprint density at radius 2 is 2.04 bits per heavy atom. The molecule has 142 valence electrons. The second-order valence-corrected chi connectivity index (χ2v) is 7.32. The third kappa shape index (κ3) is 4.62. The number of hydrogen-bond acceptors (Lipinski definition) is 7. The molecule has 0 spiro atoms. The number of aryl methyl sites for hydroxylation is 1. The standard InChI is InChI=1S/C19H15N3O4S2/c1-2-13-6-8-14(9-7-13)12-20-21-18(23)16(28-19(21)27)5-3-4-15-10-11-17(26-15)22(24)25/h3-12H,2H2,1H3/b4-3+,16-5+,20-12+. The van der Waals surface area contributed by atoms with Gasteiger partial charge in [-0.2, -0.15) is 10.1 Å². The fourth-order valence-electron chi connectivity index (χ4n) is 2.30. The molecule has 1 aliphatic heterocycles. The number of amides is 1. The maximum Gasteiger partial charge on any atom is 0.433 e. The first kappa shape index (κ1) is 19.7. The molecule has 0 bridgehead atoms. The van der Waals surface area contributed by atoms with E-state index in [0.717, 1.165) is 23.7 Å². The van der Waals surface area contributed by atoms with Crippen LogP contribution in [0.5, 0.6) is 0 Å². The van der Waals surface area contributed by atoms with Gasteiger partial charge < -0.3 is 4.42 Å². The highest BCUT2D eigenvalue weighted by Gasteiger charge is 2.31. The summed E-state index contributed by atoms with van der Waals surface area (Å²) in [6.07, 6.45) is 7.21. The first-order valence-electron chi connectivity index (χ1n) is 8.29. The Bertz CT molecular complexity index is 1010. The zero-order valence-corrected chi connectivity index (χ0v) is 16.4. The summed E-state index contributed by atoms with van der Waals surface area (Å²) in [7, 11) is 0. The van der Waals surface area contributed by atoms with Gasteiger partial charge in [-0.3, -0.25) is 14.9 Å². The fraction of sp³-hybridized carbons (Fsp3) is 0.105. The van der Waals surface area contributed by atoms with Crippen molar-refractivity contribution in [3.63, 3.8) is 0 Å². The van der Waals surface area contributed by atoms with E-state index in [0.29, 0.717) is 15.0 Å². The van der Waals surface area contributed by atoms with Crippen LogP contribution in [0.15, 0.2) is 63.0 Å². The molecule has 28 heavy (non-hydrogen) atoms. The summed E-state index contributed by atoms with van der Waals surface area (Å²) < 4.78 is 5.35. The van der Waals surface area contributed by atoms with Gasteiger partial charge in [0, 0.05) is 0 Å². The molecule has 1 aromatic carbocycles. The molecule has 1 aromatic heterocycles. The largest absolute Gasteiger partial charge is 0.433 e. The van der Waals surface area contributed by atoms with Crippen molar-refractivity contribution < 1.29 is 14.1 Å². The summed E-state index contributed by atoms with van der Waals surface area (Å²) in [6, 6.07) is 10.6. The predicted molar refractivity (Wildman–Crippen MR) is 113 cm³/mol. The van der Waals surface area contributed by atoms with Crippen molar-refractivity contribution in [2.45, 2.75) is 13.3 Å². The number of nitrogens with zero attached hydrogens (tertiary/aromatic N) is 3. The summed E-state index contributed by atoms with van der Waals surface area (Å²) in [6.45, 7) is 2.08. The Morgan fingerprint density at radius 3 is 2.68 bits per heavy atom. The lowest BCUT2D eigenvalue weighted by Gasteiger charge is -2.06. The molecule has 2 aromatic rings. The van der Waals surface area contributed by atoms with Gasteiger partial charge in [0.05, 0.1) is 17.2 Å². The summed E-state index contributed by atoms with van der Waals surface area (Å²) in [5.74, 6) is -0.356. The van der Waals surface area contributed by atoms with Gasteiger partial charge >= 0.3 is 5.88 Å². The van der Waals surface area contributed by atoms with E-state index in [9.17, 15) is 14.9 Å². The van der Waals surface area contributed by atoms with Gasteiger partial charge in [0.1, 0.15) is 10.7 Å². The van der Waals surface area contributed by atoms with Crippen molar-refractivity contribution in [3.05, 3.63) is 80.5 Å². The van der Waals surface area contributed by atoms with Gasteiger partial charge in [-0.1, -0.05) is 49.0 Å². The van der Waals surface area contributed by atoms with Crippen molar-refractivity contribution in [2.75, 3.05) is 0 Å². The third-order valence-corrected chi connectivity index (χ3v) is 5.09. The molecular weight excluding hydrogens is 398 g/mol. The lowest BCUT2D eigenvalue weighted by Crippen LogP contribution is -2.22. The second-order valence-electron chi connectivity index (χ2n) is 5.65. The van der Waals surface area contributed by atoms with E-state index >= 15 is 0 Å². The van der Waals surface area contributed by atoms with E-state index < -0.39 is 4.92 Å². The first-order valence-corrected chi connectivity index (χ1v) is 9.52. The average Bonchev–Trinajstić information content (AvgIpc) is 3.26. The van der Waals surface area contributed by atoms with Crippen molar-refractivity contribution >= 4 is 52.4 Å². The van der Waals surface area contributed by atoms with E-state index in [1.165, 1.54) is 28.8 Å². The van der Waals surface area contributed by atoms with E-state index in [4.69, 9.17) is 16.6 Å². The summed E-state index contributed by atoms with van der Waals surface area (Å²) in [4.78, 5) is 22.9. The number of carbonyl (C=O) groups excluding carboxylic acids is 1. The molecule has 0 atom stereocenters. The molecule has 7 nitrogen and oxygen atoms in total. The molecule has 1 aliphatic rings. The van der Waals surface area contributed by atoms with Gasteiger partial charge in [-0.25, -0.2) is 0 Å². The lowest BCUT2D eigenvalue weighted by atomic mass is 10.1. The number of hydrogen-bond donors (Lipinski definition) is 0. The summed E-state index contributed by atoms with van der Waals surface area (Å²) in [5.41, 5.74) is 2.09. The maximum atomic E-state index is 12.5. The van der Waals surface area contributed by atoms with Crippen molar-refractivity contribution in [1.82, 2.24) is 5.01 Å². The Balaban J connectivity index is 1.67.